The van der Waals surface area contributed by atoms with Gasteiger partial charge in [0.2, 0.25) is 0 Å². The van der Waals surface area contributed by atoms with Crippen LogP contribution in [0.25, 0.3) is 0 Å². The number of hydrogen-bond acceptors (Lipinski definition) is 4. The summed E-state index contributed by atoms with van der Waals surface area (Å²) >= 11 is 4.72. The van der Waals surface area contributed by atoms with Crippen molar-refractivity contribution in [1.82, 2.24) is 4.98 Å². The van der Waals surface area contributed by atoms with Gasteiger partial charge in [-0.15, -0.1) is 0 Å². The number of carboxylic acid groups (broad SMARTS) is 1. The number of carboxylic acids is 1. The molecule has 0 saturated heterocycles. The zero-order chi connectivity index (χ0) is 12.6. The SMILES string of the molecule is CCOC(=O)Cl.O=C(O)c1cc(=O)cc[nH]1. The zero-order valence-electron chi connectivity index (χ0n) is 8.40. The number of ether oxygens (including phenoxy) is 1. The quantitative estimate of drug-likeness (QED) is 0.771. The highest BCUT2D eigenvalue weighted by molar-refractivity contribution is 6.61. The number of aromatic nitrogens is 1. The molecule has 88 valence electrons. The molecule has 1 heterocycles. The van der Waals surface area contributed by atoms with E-state index < -0.39 is 11.4 Å². The second kappa shape index (κ2) is 7.47. The smallest absolute Gasteiger partial charge is 0.403 e. The van der Waals surface area contributed by atoms with Gasteiger partial charge in [-0.25, -0.2) is 9.59 Å². The number of aromatic amines is 1. The van der Waals surface area contributed by atoms with E-state index in [9.17, 15) is 14.4 Å². The molecule has 0 aliphatic rings. The highest BCUT2D eigenvalue weighted by Crippen LogP contribution is 1.86. The third kappa shape index (κ3) is 6.61. The van der Waals surface area contributed by atoms with Gasteiger partial charge in [0, 0.05) is 29.9 Å². The van der Waals surface area contributed by atoms with Gasteiger partial charge in [-0.2, -0.15) is 0 Å². The summed E-state index contributed by atoms with van der Waals surface area (Å²) in [5.41, 5.74) is -1.14. The van der Waals surface area contributed by atoms with E-state index in [0.29, 0.717) is 6.61 Å². The molecule has 6 nitrogen and oxygen atoms in total. The first-order valence-electron chi connectivity index (χ1n) is 4.21. The second-order valence-corrected chi connectivity index (χ2v) is 2.72. The van der Waals surface area contributed by atoms with E-state index in [-0.39, 0.29) is 11.1 Å². The summed E-state index contributed by atoms with van der Waals surface area (Å²) in [5, 5.41) is 8.34. The molecular formula is C9H10ClNO5. The molecule has 0 bridgehead atoms. The summed E-state index contributed by atoms with van der Waals surface area (Å²) < 4.78 is 4.17. The molecule has 0 atom stereocenters. The largest absolute Gasteiger partial charge is 0.477 e. The minimum Gasteiger partial charge on any atom is -0.477 e. The third-order valence-electron chi connectivity index (χ3n) is 1.26. The van der Waals surface area contributed by atoms with E-state index >= 15 is 0 Å². The lowest BCUT2D eigenvalue weighted by molar-refractivity contribution is 0.0690. The lowest BCUT2D eigenvalue weighted by Crippen LogP contribution is -2.06. The summed E-state index contributed by atoms with van der Waals surface area (Å²) in [6.07, 6.45) is 1.30. The monoisotopic (exact) mass is 247 g/mol. The molecule has 0 saturated carbocycles. The molecule has 1 aromatic heterocycles. The fourth-order valence-electron chi connectivity index (χ4n) is 0.683. The van der Waals surface area contributed by atoms with Gasteiger partial charge in [0.05, 0.1) is 6.61 Å². The fraction of sp³-hybridized carbons (Fsp3) is 0.222. The Morgan fingerprint density at radius 2 is 2.19 bits per heavy atom. The number of nitrogens with one attached hydrogen (secondary N) is 1. The molecule has 0 aliphatic carbocycles. The van der Waals surface area contributed by atoms with Crippen LogP contribution < -0.4 is 5.43 Å². The van der Waals surface area contributed by atoms with Crippen molar-refractivity contribution in [1.29, 1.82) is 0 Å². The summed E-state index contributed by atoms with van der Waals surface area (Å²) in [6.45, 7) is 2.04. The molecule has 0 fully saturated rings. The van der Waals surface area contributed by atoms with Crippen LogP contribution in [0.3, 0.4) is 0 Å². The van der Waals surface area contributed by atoms with Crippen LogP contribution in [-0.4, -0.2) is 28.1 Å². The molecule has 0 unspecified atom stereocenters. The number of pyridine rings is 1. The van der Waals surface area contributed by atoms with Crippen LogP contribution in [0.2, 0.25) is 0 Å². The molecule has 16 heavy (non-hydrogen) atoms. The standard InChI is InChI=1S/C6H5NO3.C3H5ClO2/c8-4-1-2-7-5(3-4)6(9)10;1-2-6-3(4)5/h1-3H,(H,7,8)(H,9,10);2H2,1H3. The summed E-state index contributed by atoms with van der Waals surface area (Å²) in [6, 6.07) is 2.29. The first kappa shape index (κ1) is 14.2. The topological polar surface area (TPSA) is 96.5 Å². The molecule has 0 aromatic carbocycles. The predicted octanol–water partition coefficient (Wildman–Crippen LogP) is 1.45. The van der Waals surface area contributed by atoms with Gasteiger partial charge < -0.3 is 14.8 Å². The molecule has 7 heteroatoms. The van der Waals surface area contributed by atoms with E-state index in [1.54, 1.807) is 6.92 Å². The number of hydrogen-bond donors (Lipinski definition) is 2. The fourth-order valence-corrected chi connectivity index (χ4v) is 0.792. The van der Waals surface area contributed by atoms with Crippen molar-refractivity contribution in [2.75, 3.05) is 6.61 Å². The average molecular weight is 248 g/mol. The Hall–Kier alpha value is -1.82. The van der Waals surface area contributed by atoms with Crippen molar-refractivity contribution < 1.29 is 19.4 Å². The number of carbonyl (C=O) groups is 2. The van der Waals surface area contributed by atoms with E-state index in [0.717, 1.165) is 6.07 Å². The number of H-pyrrole nitrogens is 1. The Balaban J connectivity index is 0.000000325. The van der Waals surface area contributed by atoms with E-state index in [4.69, 9.17) is 16.7 Å². The predicted molar refractivity (Wildman–Crippen MR) is 56.9 cm³/mol. The van der Waals surface area contributed by atoms with Crippen molar-refractivity contribution in [3.8, 4) is 0 Å². The first-order valence-corrected chi connectivity index (χ1v) is 4.59. The highest BCUT2D eigenvalue weighted by atomic mass is 35.5. The summed E-state index contributed by atoms with van der Waals surface area (Å²) in [4.78, 5) is 32.7. The van der Waals surface area contributed by atoms with Crippen molar-refractivity contribution in [2.24, 2.45) is 0 Å². The summed E-state index contributed by atoms with van der Waals surface area (Å²) in [7, 11) is 0. The Morgan fingerprint density at radius 1 is 1.56 bits per heavy atom. The van der Waals surface area contributed by atoms with Crippen LogP contribution in [-0.2, 0) is 4.74 Å². The minimum atomic E-state index is -1.13. The summed E-state index contributed by atoms with van der Waals surface area (Å²) in [5.74, 6) is -1.13. The maximum atomic E-state index is 10.5. The maximum Gasteiger partial charge on any atom is 0.403 e. The molecule has 0 radical (unpaired) electrons. The Kier molecular flexibility index (Phi) is 6.62. The van der Waals surface area contributed by atoms with Gasteiger partial charge in [0.15, 0.2) is 5.43 Å². The minimum absolute atomic E-state index is 0.0903. The van der Waals surface area contributed by atoms with Crippen molar-refractivity contribution >= 4 is 23.0 Å². The first-order chi connectivity index (χ1) is 7.47. The van der Waals surface area contributed by atoms with Crippen LogP contribution in [0.4, 0.5) is 4.79 Å². The lowest BCUT2D eigenvalue weighted by atomic mass is 10.3. The van der Waals surface area contributed by atoms with Crippen molar-refractivity contribution in [3.05, 3.63) is 34.2 Å². The Morgan fingerprint density at radius 3 is 2.44 bits per heavy atom. The normalized spacial score (nSPS) is 8.62. The highest BCUT2D eigenvalue weighted by Gasteiger charge is 2.00. The van der Waals surface area contributed by atoms with Crippen LogP contribution in [0.5, 0.6) is 0 Å². The van der Waals surface area contributed by atoms with Gasteiger partial charge in [-0.1, -0.05) is 0 Å². The van der Waals surface area contributed by atoms with Crippen LogP contribution in [0.15, 0.2) is 23.1 Å². The molecule has 1 aromatic rings. The van der Waals surface area contributed by atoms with Gasteiger partial charge in [0.1, 0.15) is 5.69 Å². The van der Waals surface area contributed by atoms with E-state index in [1.165, 1.54) is 12.3 Å². The van der Waals surface area contributed by atoms with Crippen LogP contribution >= 0.6 is 11.6 Å². The maximum absolute atomic E-state index is 10.5. The molecular weight excluding hydrogens is 238 g/mol. The molecule has 0 amide bonds. The van der Waals surface area contributed by atoms with Gasteiger partial charge in [-0.05, 0) is 6.92 Å². The second-order valence-electron chi connectivity index (χ2n) is 2.41. The third-order valence-corrected chi connectivity index (χ3v) is 1.37. The molecule has 0 aliphatic heterocycles. The number of aromatic carboxylic acids is 1. The number of rotatable bonds is 2. The molecule has 2 N–H and O–H groups in total. The number of carbonyl (C=O) groups excluding carboxylic acids is 1. The van der Waals surface area contributed by atoms with Crippen molar-refractivity contribution in [2.45, 2.75) is 6.92 Å². The zero-order valence-corrected chi connectivity index (χ0v) is 9.15. The Bertz CT molecular complexity index is 414. The van der Waals surface area contributed by atoms with E-state index in [2.05, 4.69) is 9.72 Å². The van der Waals surface area contributed by atoms with Crippen LogP contribution in [0.1, 0.15) is 17.4 Å². The van der Waals surface area contributed by atoms with Gasteiger partial charge in [0.25, 0.3) is 0 Å². The van der Waals surface area contributed by atoms with Gasteiger partial charge in [-0.3, -0.25) is 4.79 Å². The lowest BCUT2D eigenvalue weighted by Gasteiger charge is -1.89. The molecule has 0 spiro atoms. The van der Waals surface area contributed by atoms with Crippen LogP contribution in [0, 0.1) is 0 Å². The average Bonchev–Trinajstić information content (AvgIpc) is 2.18. The van der Waals surface area contributed by atoms with Gasteiger partial charge >= 0.3 is 11.4 Å². The Labute approximate surface area is 95.8 Å². The molecule has 1 rings (SSSR count). The van der Waals surface area contributed by atoms with E-state index in [1.807, 2.05) is 0 Å². The van der Waals surface area contributed by atoms with Crippen molar-refractivity contribution in [3.63, 3.8) is 0 Å². The number of halogens is 1.